The molecule has 0 saturated heterocycles. The molecule has 0 radical (unpaired) electrons. The second-order valence-corrected chi connectivity index (χ2v) is 5.33. The Morgan fingerprint density at radius 2 is 2.00 bits per heavy atom. The average molecular weight is 332 g/mol. The summed E-state index contributed by atoms with van der Waals surface area (Å²) in [6, 6.07) is 13.9. The maximum atomic E-state index is 6.06. The van der Waals surface area contributed by atoms with Crippen LogP contribution in [0, 0.1) is 0 Å². The SMILES string of the molecule is COc1cccc2c1nc(N)n2Cc1ccccc1Br. The molecule has 4 nitrogen and oxygen atoms in total. The molecule has 0 aliphatic heterocycles. The Labute approximate surface area is 125 Å². The van der Waals surface area contributed by atoms with E-state index in [-0.39, 0.29) is 0 Å². The highest BCUT2D eigenvalue weighted by Gasteiger charge is 2.12. The standard InChI is InChI=1S/C15H14BrN3O/c1-20-13-8-4-7-12-14(13)18-15(17)19(12)9-10-5-2-3-6-11(10)16/h2-8H,9H2,1H3,(H2,17,18). The zero-order valence-electron chi connectivity index (χ0n) is 11.0. The molecule has 5 heteroatoms. The van der Waals surface area contributed by atoms with E-state index >= 15 is 0 Å². The molecule has 0 amide bonds. The lowest BCUT2D eigenvalue weighted by molar-refractivity contribution is 0.419. The number of rotatable bonds is 3. The van der Waals surface area contributed by atoms with Gasteiger partial charge in [-0.15, -0.1) is 0 Å². The Balaban J connectivity index is 2.13. The van der Waals surface area contributed by atoms with Gasteiger partial charge in [-0.05, 0) is 23.8 Å². The van der Waals surface area contributed by atoms with Crippen molar-refractivity contribution < 1.29 is 4.74 Å². The number of imidazole rings is 1. The molecule has 0 unspecified atom stereocenters. The first-order chi connectivity index (χ1) is 9.70. The number of anilines is 1. The lowest BCUT2D eigenvalue weighted by Crippen LogP contribution is -2.04. The topological polar surface area (TPSA) is 53.1 Å². The summed E-state index contributed by atoms with van der Waals surface area (Å²) in [7, 11) is 1.64. The van der Waals surface area contributed by atoms with Gasteiger partial charge in [0.15, 0.2) is 0 Å². The Morgan fingerprint density at radius 1 is 1.20 bits per heavy atom. The van der Waals surface area contributed by atoms with Crippen LogP contribution >= 0.6 is 15.9 Å². The van der Waals surface area contributed by atoms with Gasteiger partial charge in [0.2, 0.25) is 5.95 Å². The maximum Gasteiger partial charge on any atom is 0.201 e. The van der Waals surface area contributed by atoms with Crippen LogP contribution in [0.15, 0.2) is 46.9 Å². The third-order valence-electron chi connectivity index (χ3n) is 3.28. The van der Waals surface area contributed by atoms with Gasteiger partial charge in [0.05, 0.1) is 19.2 Å². The van der Waals surface area contributed by atoms with E-state index in [1.807, 2.05) is 41.0 Å². The monoisotopic (exact) mass is 331 g/mol. The third kappa shape index (κ3) is 2.14. The molecular formula is C15H14BrN3O. The molecule has 2 aromatic carbocycles. The van der Waals surface area contributed by atoms with Crippen molar-refractivity contribution in [3.63, 3.8) is 0 Å². The fourth-order valence-electron chi connectivity index (χ4n) is 2.27. The van der Waals surface area contributed by atoms with Crippen molar-refractivity contribution in [3.8, 4) is 5.75 Å². The number of para-hydroxylation sites is 1. The molecular weight excluding hydrogens is 318 g/mol. The Morgan fingerprint density at radius 3 is 2.75 bits per heavy atom. The molecule has 0 saturated carbocycles. The summed E-state index contributed by atoms with van der Waals surface area (Å²) in [6.45, 7) is 0.664. The van der Waals surface area contributed by atoms with Crippen LogP contribution in [0.2, 0.25) is 0 Å². The van der Waals surface area contributed by atoms with Crippen molar-refractivity contribution in [1.82, 2.24) is 9.55 Å². The Hall–Kier alpha value is -2.01. The predicted molar refractivity (Wildman–Crippen MR) is 83.9 cm³/mol. The summed E-state index contributed by atoms with van der Waals surface area (Å²) < 4.78 is 8.37. The number of nitrogens with two attached hydrogens (primary N) is 1. The van der Waals surface area contributed by atoms with Gasteiger partial charge in [-0.2, -0.15) is 0 Å². The number of aromatic nitrogens is 2. The number of fused-ring (bicyclic) bond motifs is 1. The summed E-state index contributed by atoms with van der Waals surface area (Å²) in [4.78, 5) is 4.41. The molecule has 1 aromatic heterocycles. The number of nitrogen functional groups attached to an aromatic ring is 1. The van der Waals surface area contributed by atoms with Crippen LogP contribution < -0.4 is 10.5 Å². The molecule has 1 heterocycles. The van der Waals surface area contributed by atoms with E-state index < -0.39 is 0 Å². The summed E-state index contributed by atoms with van der Waals surface area (Å²) in [6.07, 6.45) is 0. The van der Waals surface area contributed by atoms with Crippen LogP contribution in [0.4, 0.5) is 5.95 Å². The van der Waals surface area contributed by atoms with Crippen LogP contribution in [0.25, 0.3) is 11.0 Å². The molecule has 0 spiro atoms. The largest absolute Gasteiger partial charge is 0.494 e. The second-order valence-electron chi connectivity index (χ2n) is 4.48. The van der Waals surface area contributed by atoms with Crippen LogP contribution in [0.1, 0.15) is 5.56 Å². The van der Waals surface area contributed by atoms with Crippen molar-refractivity contribution in [2.24, 2.45) is 0 Å². The van der Waals surface area contributed by atoms with Gasteiger partial charge in [-0.25, -0.2) is 4.98 Å². The fraction of sp³-hybridized carbons (Fsp3) is 0.133. The van der Waals surface area contributed by atoms with E-state index in [1.165, 1.54) is 0 Å². The quantitative estimate of drug-likeness (QED) is 0.799. The normalized spacial score (nSPS) is 10.9. The summed E-state index contributed by atoms with van der Waals surface area (Å²) in [5, 5.41) is 0. The molecule has 20 heavy (non-hydrogen) atoms. The van der Waals surface area contributed by atoms with E-state index in [1.54, 1.807) is 7.11 Å². The van der Waals surface area contributed by atoms with E-state index in [0.717, 1.165) is 26.8 Å². The van der Waals surface area contributed by atoms with Crippen molar-refractivity contribution in [1.29, 1.82) is 0 Å². The van der Waals surface area contributed by atoms with Gasteiger partial charge >= 0.3 is 0 Å². The van der Waals surface area contributed by atoms with E-state index in [2.05, 4.69) is 27.0 Å². The molecule has 0 aliphatic rings. The lowest BCUT2D eigenvalue weighted by atomic mass is 10.2. The van der Waals surface area contributed by atoms with Gasteiger partial charge in [-0.3, -0.25) is 0 Å². The van der Waals surface area contributed by atoms with Gasteiger partial charge in [0.1, 0.15) is 11.3 Å². The zero-order valence-corrected chi connectivity index (χ0v) is 12.6. The minimum atomic E-state index is 0.486. The van der Waals surface area contributed by atoms with Gasteiger partial charge < -0.3 is 15.0 Å². The van der Waals surface area contributed by atoms with E-state index in [9.17, 15) is 0 Å². The minimum absolute atomic E-state index is 0.486. The Kier molecular flexibility index (Phi) is 3.36. The first-order valence-electron chi connectivity index (χ1n) is 6.23. The van der Waals surface area contributed by atoms with E-state index in [4.69, 9.17) is 10.5 Å². The van der Waals surface area contributed by atoms with Crippen molar-refractivity contribution in [3.05, 3.63) is 52.5 Å². The van der Waals surface area contributed by atoms with Crippen molar-refractivity contribution >= 4 is 32.9 Å². The average Bonchev–Trinajstić information content (AvgIpc) is 2.77. The number of benzene rings is 2. The highest BCUT2D eigenvalue weighted by molar-refractivity contribution is 9.10. The fourth-order valence-corrected chi connectivity index (χ4v) is 2.68. The number of hydrogen-bond acceptors (Lipinski definition) is 3. The van der Waals surface area contributed by atoms with Crippen LogP contribution in [-0.4, -0.2) is 16.7 Å². The predicted octanol–water partition coefficient (Wildman–Crippen LogP) is 3.44. The second kappa shape index (κ2) is 5.17. The minimum Gasteiger partial charge on any atom is -0.494 e. The lowest BCUT2D eigenvalue weighted by Gasteiger charge is -2.08. The molecule has 3 rings (SSSR count). The van der Waals surface area contributed by atoms with Gasteiger partial charge in [-0.1, -0.05) is 40.2 Å². The van der Waals surface area contributed by atoms with Crippen LogP contribution in [0.5, 0.6) is 5.75 Å². The first kappa shape index (κ1) is 13.0. The Bertz CT molecular complexity index is 767. The molecule has 102 valence electrons. The van der Waals surface area contributed by atoms with Crippen LogP contribution in [0.3, 0.4) is 0 Å². The number of ether oxygens (including phenoxy) is 1. The number of hydrogen-bond donors (Lipinski definition) is 1. The van der Waals surface area contributed by atoms with Crippen molar-refractivity contribution in [2.45, 2.75) is 6.54 Å². The molecule has 0 aliphatic carbocycles. The van der Waals surface area contributed by atoms with E-state index in [0.29, 0.717) is 12.5 Å². The molecule has 2 N–H and O–H groups in total. The summed E-state index contributed by atoms with van der Waals surface area (Å²) in [5.41, 5.74) is 8.97. The van der Waals surface area contributed by atoms with Crippen molar-refractivity contribution in [2.75, 3.05) is 12.8 Å². The highest BCUT2D eigenvalue weighted by Crippen LogP contribution is 2.28. The molecule has 0 fully saturated rings. The number of halogens is 1. The smallest absolute Gasteiger partial charge is 0.201 e. The maximum absolute atomic E-state index is 6.06. The summed E-state index contributed by atoms with van der Waals surface area (Å²) >= 11 is 3.56. The first-order valence-corrected chi connectivity index (χ1v) is 7.02. The number of methoxy groups -OCH3 is 1. The van der Waals surface area contributed by atoms with Crippen LogP contribution in [-0.2, 0) is 6.54 Å². The molecule has 0 atom stereocenters. The van der Waals surface area contributed by atoms with Gasteiger partial charge in [0.25, 0.3) is 0 Å². The zero-order chi connectivity index (χ0) is 14.1. The molecule has 0 bridgehead atoms. The number of nitrogens with zero attached hydrogens (tertiary/aromatic N) is 2. The highest BCUT2D eigenvalue weighted by atomic mass is 79.9. The molecule has 3 aromatic rings. The summed E-state index contributed by atoms with van der Waals surface area (Å²) in [5.74, 6) is 1.22. The third-order valence-corrected chi connectivity index (χ3v) is 4.05. The van der Waals surface area contributed by atoms with Gasteiger partial charge in [0, 0.05) is 4.47 Å².